The number of fused-ring (bicyclic) bond motifs is 1. The molecule has 1 amide bonds. The van der Waals surface area contributed by atoms with E-state index < -0.39 is 5.82 Å². The van der Waals surface area contributed by atoms with Crippen molar-refractivity contribution in [3.05, 3.63) is 65.9 Å². The fraction of sp³-hybridized carbons (Fsp3) is 0.0625. The van der Waals surface area contributed by atoms with Gasteiger partial charge in [0.15, 0.2) is 0 Å². The van der Waals surface area contributed by atoms with Crippen LogP contribution >= 0.6 is 0 Å². The van der Waals surface area contributed by atoms with Gasteiger partial charge in [0.25, 0.3) is 5.91 Å². The molecule has 0 spiro atoms. The van der Waals surface area contributed by atoms with E-state index in [9.17, 15) is 13.6 Å². The Morgan fingerprint density at radius 1 is 1.05 bits per heavy atom. The van der Waals surface area contributed by atoms with Gasteiger partial charge >= 0.3 is 0 Å². The van der Waals surface area contributed by atoms with Gasteiger partial charge in [0.2, 0.25) is 0 Å². The molecule has 106 valence electrons. The Morgan fingerprint density at radius 2 is 1.81 bits per heavy atom. The summed E-state index contributed by atoms with van der Waals surface area (Å²) in [5, 5.41) is 3.39. The molecule has 3 rings (SSSR count). The fourth-order valence-corrected chi connectivity index (χ4v) is 2.28. The number of hydrogen-bond donors (Lipinski definition) is 1. The molecule has 0 aliphatic rings. The van der Waals surface area contributed by atoms with Crippen molar-refractivity contribution in [1.82, 2.24) is 4.57 Å². The number of benzene rings is 2. The minimum Gasteiger partial charge on any atom is -0.340 e. The molecular weight excluding hydrogens is 274 g/mol. The van der Waals surface area contributed by atoms with E-state index in [1.54, 1.807) is 29.8 Å². The minimum absolute atomic E-state index is 0.360. The molecule has 1 aromatic heterocycles. The first kappa shape index (κ1) is 13.3. The summed E-state index contributed by atoms with van der Waals surface area (Å²) in [5.74, 6) is -1.16. The van der Waals surface area contributed by atoms with Crippen LogP contribution in [0.1, 0.15) is 10.5 Å². The highest BCUT2D eigenvalue weighted by Crippen LogP contribution is 2.21. The van der Waals surface area contributed by atoms with Crippen molar-refractivity contribution in [1.29, 1.82) is 0 Å². The molecule has 0 fully saturated rings. The van der Waals surface area contributed by atoms with Crippen LogP contribution in [0.3, 0.4) is 0 Å². The average molecular weight is 286 g/mol. The number of hydrogen-bond acceptors (Lipinski definition) is 1. The van der Waals surface area contributed by atoms with Crippen LogP contribution in [0.5, 0.6) is 0 Å². The Bertz CT molecular complexity index is 839. The highest BCUT2D eigenvalue weighted by Gasteiger charge is 2.14. The molecule has 21 heavy (non-hydrogen) atoms. The molecule has 5 heteroatoms. The molecule has 0 radical (unpaired) electrons. The van der Waals surface area contributed by atoms with Gasteiger partial charge in [-0.05, 0) is 42.5 Å². The summed E-state index contributed by atoms with van der Waals surface area (Å²) in [6, 6.07) is 11.7. The highest BCUT2D eigenvalue weighted by molar-refractivity contribution is 6.06. The van der Waals surface area contributed by atoms with Gasteiger partial charge in [-0.25, -0.2) is 8.78 Å². The smallest absolute Gasteiger partial charge is 0.272 e. The predicted molar refractivity (Wildman–Crippen MR) is 77.2 cm³/mol. The molecule has 0 atom stereocenters. The third kappa shape index (κ3) is 2.50. The number of amides is 1. The summed E-state index contributed by atoms with van der Waals surface area (Å²) < 4.78 is 28.0. The molecule has 1 heterocycles. The lowest BCUT2D eigenvalue weighted by Gasteiger charge is -2.06. The summed E-state index contributed by atoms with van der Waals surface area (Å²) in [6.07, 6.45) is 0. The van der Waals surface area contributed by atoms with Crippen LogP contribution in [-0.2, 0) is 7.05 Å². The van der Waals surface area contributed by atoms with Gasteiger partial charge < -0.3 is 9.88 Å². The van der Waals surface area contributed by atoms with E-state index in [0.29, 0.717) is 16.9 Å². The van der Waals surface area contributed by atoms with Crippen LogP contribution in [0.25, 0.3) is 10.9 Å². The summed E-state index contributed by atoms with van der Waals surface area (Å²) in [6.45, 7) is 0. The predicted octanol–water partition coefficient (Wildman–Crippen LogP) is 3.71. The third-order valence-electron chi connectivity index (χ3n) is 3.32. The van der Waals surface area contributed by atoms with E-state index in [-0.39, 0.29) is 11.7 Å². The Hall–Kier alpha value is -2.69. The number of rotatable bonds is 2. The van der Waals surface area contributed by atoms with Crippen molar-refractivity contribution < 1.29 is 13.6 Å². The average Bonchev–Trinajstić information content (AvgIpc) is 2.76. The van der Waals surface area contributed by atoms with Crippen LogP contribution in [0.4, 0.5) is 14.5 Å². The molecule has 3 nitrogen and oxygen atoms in total. The first-order chi connectivity index (χ1) is 10.0. The number of nitrogens with zero attached hydrogens (tertiary/aromatic N) is 1. The second-order valence-corrected chi connectivity index (χ2v) is 4.76. The molecule has 0 saturated heterocycles. The number of carbonyl (C=O) groups is 1. The first-order valence-electron chi connectivity index (χ1n) is 6.36. The molecule has 1 N–H and O–H groups in total. The molecule has 0 aliphatic heterocycles. The lowest BCUT2D eigenvalue weighted by atomic mass is 10.2. The summed E-state index contributed by atoms with van der Waals surface area (Å²) in [7, 11) is 1.68. The second kappa shape index (κ2) is 5.01. The van der Waals surface area contributed by atoms with E-state index in [1.165, 1.54) is 30.3 Å². The van der Waals surface area contributed by atoms with E-state index in [1.807, 2.05) is 0 Å². The summed E-state index contributed by atoms with van der Waals surface area (Å²) >= 11 is 0. The van der Waals surface area contributed by atoms with Crippen molar-refractivity contribution in [2.45, 2.75) is 0 Å². The van der Waals surface area contributed by atoms with Gasteiger partial charge in [-0.3, -0.25) is 4.79 Å². The molecule has 0 saturated carbocycles. The lowest BCUT2D eigenvalue weighted by molar-refractivity contribution is 0.101. The van der Waals surface area contributed by atoms with Gasteiger partial charge in [-0.2, -0.15) is 0 Å². The first-order valence-corrected chi connectivity index (χ1v) is 6.36. The number of aromatic nitrogens is 1. The number of anilines is 1. The molecule has 0 bridgehead atoms. The van der Waals surface area contributed by atoms with Crippen LogP contribution in [0.15, 0.2) is 48.5 Å². The number of nitrogens with one attached hydrogen (secondary N) is 1. The van der Waals surface area contributed by atoms with Crippen molar-refractivity contribution in [2.24, 2.45) is 7.05 Å². The van der Waals surface area contributed by atoms with Crippen LogP contribution in [0, 0.1) is 11.6 Å². The van der Waals surface area contributed by atoms with Crippen molar-refractivity contribution in [2.75, 3.05) is 5.32 Å². The van der Waals surface area contributed by atoms with E-state index >= 15 is 0 Å². The van der Waals surface area contributed by atoms with Crippen LogP contribution in [-0.4, -0.2) is 10.5 Å². The minimum atomic E-state index is -0.424. The SMILES string of the molecule is Cn1c(C(=O)Nc2cccc(F)c2)cc2ccc(F)cc21. The maximum Gasteiger partial charge on any atom is 0.272 e. The second-order valence-electron chi connectivity index (χ2n) is 4.76. The molecule has 0 unspecified atom stereocenters. The zero-order chi connectivity index (χ0) is 15.0. The summed E-state index contributed by atoms with van der Waals surface area (Å²) in [5.41, 5.74) is 1.37. The number of halogens is 2. The Labute approximate surface area is 119 Å². The highest BCUT2D eigenvalue weighted by atomic mass is 19.1. The van der Waals surface area contributed by atoms with E-state index in [0.717, 1.165) is 5.39 Å². The Morgan fingerprint density at radius 3 is 2.57 bits per heavy atom. The maximum atomic E-state index is 13.3. The van der Waals surface area contributed by atoms with Gasteiger partial charge in [0.05, 0.1) is 5.52 Å². The fourth-order valence-electron chi connectivity index (χ4n) is 2.28. The molecular formula is C16H12F2N2O. The topological polar surface area (TPSA) is 34.0 Å². The molecule has 0 aliphatic carbocycles. The van der Waals surface area contributed by atoms with Gasteiger partial charge in [0.1, 0.15) is 17.3 Å². The van der Waals surface area contributed by atoms with Crippen LogP contribution in [0.2, 0.25) is 0 Å². The maximum absolute atomic E-state index is 13.3. The zero-order valence-corrected chi connectivity index (χ0v) is 11.2. The van der Waals surface area contributed by atoms with Gasteiger partial charge in [0, 0.05) is 18.1 Å². The molecule has 2 aromatic carbocycles. The van der Waals surface area contributed by atoms with Crippen molar-refractivity contribution in [3.63, 3.8) is 0 Å². The Balaban J connectivity index is 1.96. The summed E-state index contributed by atoms with van der Waals surface area (Å²) in [4.78, 5) is 12.3. The number of aryl methyl sites for hydroxylation is 1. The zero-order valence-electron chi connectivity index (χ0n) is 11.2. The largest absolute Gasteiger partial charge is 0.340 e. The van der Waals surface area contributed by atoms with Crippen molar-refractivity contribution >= 4 is 22.5 Å². The monoisotopic (exact) mass is 286 g/mol. The van der Waals surface area contributed by atoms with E-state index in [2.05, 4.69) is 5.32 Å². The normalized spacial score (nSPS) is 10.8. The number of carbonyl (C=O) groups excluding carboxylic acids is 1. The van der Waals surface area contributed by atoms with Gasteiger partial charge in [-0.1, -0.05) is 6.07 Å². The van der Waals surface area contributed by atoms with Crippen molar-refractivity contribution in [3.8, 4) is 0 Å². The van der Waals surface area contributed by atoms with Crippen LogP contribution < -0.4 is 5.32 Å². The third-order valence-corrected chi connectivity index (χ3v) is 3.32. The van der Waals surface area contributed by atoms with Gasteiger partial charge in [-0.15, -0.1) is 0 Å². The lowest BCUT2D eigenvalue weighted by Crippen LogP contribution is -2.15. The Kier molecular flexibility index (Phi) is 3.17. The molecule has 3 aromatic rings. The van der Waals surface area contributed by atoms with E-state index in [4.69, 9.17) is 0 Å². The standard InChI is InChI=1S/C16H12F2N2O/c1-20-14-9-12(18)6-5-10(14)7-15(20)16(21)19-13-4-2-3-11(17)8-13/h2-9H,1H3,(H,19,21). The quantitative estimate of drug-likeness (QED) is 0.765.